The molecular weight excluding hydrogens is 232 g/mol. The van der Waals surface area contributed by atoms with E-state index in [0.717, 1.165) is 15.6 Å². The number of fused-ring (bicyclic) bond motifs is 1. The highest BCUT2D eigenvalue weighted by Gasteiger charge is 2.06. The summed E-state index contributed by atoms with van der Waals surface area (Å²) in [6.45, 7) is 0.654. The molecule has 0 atom stereocenters. The van der Waals surface area contributed by atoms with Crippen molar-refractivity contribution in [2.24, 2.45) is 0 Å². The predicted octanol–water partition coefficient (Wildman–Crippen LogP) is 2.31. The second kappa shape index (κ2) is 3.47. The molecule has 0 saturated carbocycles. The molecule has 0 aliphatic carbocycles. The Labute approximate surface area is 84.3 Å². The summed E-state index contributed by atoms with van der Waals surface area (Å²) >= 11 is 3.41. The molecule has 0 fully saturated rings. The molecule has 2 rings (SSSR count). The summed E-state index contributed by atoms with van der Waals surface area (Å²) in [7, 11) is 1.86. The van der Waals surface area contributed by atoms with Crippen LogP contribution in [0.4, 0.5) is 0 Å². The lowest BCUT2D eigenvalue weighted by Crippen LogP contribution is -2.04. The quantitative estimate of drug-likeness (QED) is 0.876. The molecule has 4 heteroatoms. The van der Waals surface area contributed by atoms with Crippen molar-refractivity contribution in [1.82, 2.24) is 10.3 Å². The number of nitrogens with one attached hydrogen (secondary N) is 1. The van der Waals surface area contributed by atoms with Crippen molar-refractivity contribution in [3.63, 3.8) is 0 Å². The van der Waals surface area contributed by atoms with E-state index in [9.17, 15) is 0 Å². The number of oxazole rings is 1. The fraction of sp³-hybridized carbons (Fsp3) is 0.222. The maximum atomic E-state index is 5.52. The van der Waals surface area contributed by atoms with Crippen molar-refractivity contribution in [3.8, 4) is 0 Å². The van der Waals surface area contributed by atoms with Gasteiger partial charge in [-0.1, -0.05) is 6.07 Å². The highest BCUT2D eigenvalue weighted by atomic mass is 79.9. The van der Waals surface area contributed by atoms with Crippen LogP contribution in [0.2, 0.25) is 0 Å². The van der Waals surface area contributed by atoms with Crippen molar-refractivity contribution in [2.75, 3.05) is 7.05 Å². The Hall–Kier alpha value is -0.870. The average Bonchev–Trinajstić information content (AvgIpc) is 2.49. The van der Waals surface area contributed by atoms with Crippen LogP contribution in [0.3, 0.4) is 0 Å². The van der Waals surface area contributed by atoms with Crippen molar-refractivity contribution in [3.05, 3.63) is 28.6 Å². The van der Waals surface area contributed by atoms with Gasteiger partial charge < -0.3 is 9.73 Å². The summed E-state index contributed by atoms with van der Waals surface area (Å²) in [5, 5.41) is 2.99. The summed E-state index contributed by atoms with van der Waals surface area (Å²) in [4.78, 5) is 4.30. The molecular formula is C9H9BrN2O. The van der Waals surface area contributed by atoms with Gasteiger partial charge in [0.25, 0.3) is 0 Å². The molecule has 0 amide bonds. The lowest BCUT2D eigenvalue weighted by atomic mass is 10.3. The fourth-order valence-corrected chi connectivity index (χ4v) is 1.63. The Morgan fingerprint density at radius 3 is 3.08 bits per heavy atom. The molecule has 3 nitrogen and oxygen atoms in total. The van der Waals surface area contributed by atoms with Crippen LogP contribution in [0.1, 0.15) is 5.89 Å². The molecule has 0 spiro atoms. The first-order valence-electron chi connectivity index (χ1n) is 4.00. The maximum absolute atomic E-state index is 5.52. The van der Waals surface area contributed by atoms with Gasteiger partial charge in [0, 0.05) is 0 Å². The summed E-state index contributed by atoms with van der Waals surface area (Å²) in [5.74, 6) is 0.712. The lowest BCUT2D eigenvalue weighted by Gasteiger charge is -1.89. The van der Waals surface area contributed by atoms with Gasteiger partial charge in [0.15, 0.2) is 5.58 Å². The van der Waals surface area contributed by atoms with Gasteiger partial charge in [-0.2, -0.15) is 0 Å². The largest absolute Gasteiger partial charge is 0.438 e. The van der Waals surface area contributed by atoms with E-state index in [4.69, 9.17) is 4.42 Å². The second-order valence-electron chi connectivity index (χ2n) is 2.73. The minimum absolute atomic E-state index is 0.654. The Balaban J connectivity index is 2.55. The Morgan fingerprint density at radius 2 is 2.38 bits per heavy atom. The Bertz CT molecular complexity index is 424. The van der Waals surface area contributed by atoms with E-state index in [1.807, 2.05) is 25.2 Å². The molecule has 0 bridgehead atoms. The zero-order valence-electron chi connectivity index (χ0n) is 7.17. The van der Waals surface area contributed by atoms with Crippen LogP contribution in [-0.4, -0.2) is 12.0 Å². The van der Waals surface area contributed by atoms with Crippen LogP contribution in [0.5, 0.6) is 0 Å². The van der Waals surface area contributed by atoms with Gasteiger partial charge in [0.05, 0.1) is 11.0 Å². The molecule has 0 aliphatic heterocycles. The highest BCUT2D eigenvalue weighted by Crippen LogP contribution is 2.24. The van der Waals surface area contributed by atoms with Crippen LogP contribution in [0.25, 0.3) is 11.1 Å². The molecule has 1 N–H and O–H groups in total. The van der Waals surface area contributed by atoms with Gasteiger partial charge in [-0.15, -0.1) is 0 Å². The average molecular weight is 241 g/mol. The second-order valence-corrected chi connectivity index (χ2v) is 3.58. The summed E-state index contributed by atoms with van der Waals surface area (Å²) in [6.07, 6.45) is 0. The topological polar surface area (TPSA) is 38.1 Å². The number of para-hydroxylation sites is 1. The first-order valence-corrected chi connectivity index (χ1v) is 4.79. The van der Waals surface area contributed by atoms with Gasteiger partial charge in [-0.05, 0) is 35.1 Å². The number of hydrogen-bond acceptors (Lipinski definition) is 3. The van der Waals surface area contributed by atoms with Crippen molar-refractivity contribution < 1.29 is 4.42 Å². The molecule has 1 heterocycles. The molecule has 2 aromatic rings. The van der Waals surface area contributed by atoms with E-state index >= 15 is 0 Å². The van der Waals surface area contributed by atoms with Crippen molar-refractivity contribution in [1.29, 1.82) is 0 Å². The highest BCUT2D eigenvalue weighted by molar-refractivity contribution is 9.10. The normalized spacial score (nSPS) is 10.9. The molecule has 13 heavy (non-hydrogen) atoms. The van der Waals surface area contributed by atoms with Gasteiger partial charge in [-0.25, -0.2) is 4.98 Å². The zero-order chi connectivity index (χ0) is 9.26. The predicted molar refractivity (Wildman–Crippen MR) is 54.5 cm³/mol. The molecule has 1 aromatic heterocycles. The van der Waals surface area contributed by atoms with E-state index in [-0.39, 0.29) is 0 Å². The smallest absolute Gasteiger partial charge is 0.209 e. The number of aromatic nitrogens is 1. The van der Waals surface area contributed by atoms with Gasteiger partial charge in [-0.3, -0.25) is 0 Å². The van der Waals surface area contributed by atoms with Crippen molar-refractivity contribution >= 4 is 27.0 Å². The minimum Gasteiger partial charge on any atom is -0.438 e. The summed E-state index contributed by atoms with van der Waals surface area (Å²) < 4.78 is 6.46. The van der Waals surface area contributed by atoms with Crippen LogP contribution < -0.4 is 5.32 Å². The van der Waals surface area contributed by atoms with Gasteiger partial charge in [0.2, 0.25) is 5.89 Å². The number of hydrogen-bond donors (Lipinski definition) is 1. The van der Waals surface area contributed by atoms with E-state index in [0.29, 0.717) is 12.4 Å². The lowest BCUT2D eigenvalue weighted by molar-refractivity contribution is 0.510. The number of rotatable bonds is 2. The number of nitrogens with zero attached hydrogens (tertiary/aromatic N) is 1. The van der Waals surface area contributed by atoms with Gasteiger partial charge >= 0.3 is 0 Å². The Kier molecular flexibility index (Phi) is 2.33. The zero-order valence-corrected chi connectivity index (χ0v) is 8.76. The third kappa shape index (κ3) is 1.59. The molecule has 0 saturated heterocycles. The standard InChI is InChI=1S/C9H9BrN2O/c1-11-5-8-12-7-4-2-3-6(10)9(7)13-8/h2-4,11H,5H2,1H3. The third-order valence-electron chi connectivity index (χ3n) is 1.74. The molecule has 0 aliphatic rings. The third-order valence-corrected chi connectivity index (χ3v) is 2.36. The number of benzene rings is 1. The first kappa shape index (κ1) is 8.72. The van der Waals surface area contributed by atoms with E-state index in [1.54, 1.807) is 0 Å². The van der Waals surface area contributed by atoms with E-state index in [1.165, 1.54) is 0 Å². The minimum atomic E-state index is 0.654. The van der Waals surface area contributed by atoms with Gasteiger partial charge in [0.1, 0.15) is 5.52 Å². The van der Waals surface area contributed by atoms with Crippen molar-refractivity contribution in [2.45, 2.75) is 6.54 Å². The monoisotopic (exact) mass is 240 g/mol. The molecule has 0 unspecified atom stereocenters. The van der Waals surface area contributed by atoms with E-state index in [2.05, 4.69) is 26.2 Å². The molecule has 68 valence electrons. The van der Waals surface area contributed by atoms with E-state index < -0.39 is 0 Å². The SMILES string of the molecule is CNCc1nc2cccc(Br)c2o1. The van der Waals surface area contributed by atoms with Crippen LogP contribution in [-0.2, 0) is 6.54 Å². The molecule has 0 radical (unpaired) electrons. The number of halogens is 1. The molecule has 1 aromatic carbocycles. The first-order chi connectivity index (χ1) is 6.31. The fourth-order valence-electron chi connectivity index (χ4n) is 1.19. The Morgan fingerprint density at radius 1 is 1.54 bits per heavy atom. The summed E-state index contributed by atoms with van der Waals surface area (Å²) in [5.41, 5.74) is 1.70. The van der Waals surface area contributed by atoms with Crippen LogP contribution in [0, 0.1) is 0 Å². The maximum Gasteiger partial charge on any atom is 0.209 e. The summed E-state index contributed by atoms with van der Waals surface area (Å²) in [6, 6.07) is 5.82. The van der Waals surface area contributed by atoms with Crippen LogP contribution in [0.15, 0.2) is 27.1 Å². The van der Waals surface area contributed by atoms with Crippen LogP contribution >= 0.6 is 15.9 Å².